The molecule has 0 bridgehead atoms. The SMILES string of the molecule is O=S(=O)(NCC1CC1)c1ccc(F)c(C(F)(F)F)c1. The standard InChI is InChI=1S/C11H11F4NO2S/c12-10-4-3-8(5-9(10)11(13,14)15)19(17,18)16-6-7-1-2-7/h3-5,7,16H,1-2,6H2. The average molecular weight is 297 g/mol. The van der Waals surface area contributed by atoms with Gasteiger partial charge in [-0.3, -0.25) is 0 Å². The van der Waals surface area contributed by atoms with Crippen LogP contribution in [0.4, 0.5) is 17.6 Å². The van der Waals surface area contributed by atoms with Gasteiger partial charge in [-0.2, -0.15) is 13.2 Å². The van der Waals surface area contributed by atoms with Crippen LogP contribution in [-0.2, 0) is 16.2 Å². The zero-order valence-corrected chi connectivity index (χ0v) is 10.5. The molecule has 0 aromatic heterocycles. The zero-order valence-electron chi connectivity index (χ0n) is 9.67. The number of sulfonamides is 1. The first-order chi connectivity index (χ1) is 8.70. The van der Waals surface area contributed by atoms with Gasteiger partial charge in [-0.15, -0.1) is 0 Å². The minimum Gasteiger partial charge on any atom is -0.211 e. The van der Waals surface area contributed by atoms with Crippen LogP contribution in [0.15, 0.2) is 23.1 Å². The highest BCUT2D eigenvalue weighted by atomic mass is 32.2. The van der Waals surface area contributed by atoms with Crippen molar-refractivity contribution in [3.63, 3.8) is 0 Å². The van der Waals surface area contributed by atoms with Crippen molar-refractivity contribution in [2.75, 3.05) is 6.54 Å². The summed E-state index contributed by atoms with van der Waals surface area (Å²) in [7, 11) is -4.03. The molecule has 0 saturated heterocycles. The van der Waals surface area contributed by atoms with E-state index in [1.165, 1.54) is 0 Å². The number of hydrogen-bond donors (Lipinski definition) is 1. The van der Waals surface area contributed by atoms with Crippen molar-refractivity contribution in [1.82, 2.24) is 4.72 Å². The molecule has 1 N–H and O–H groups in total. The molecule has 1 saturated carbocycles. The summed E-state index contributed by atoms with van der Waals surface area (Å²) >= 11 is 0. The van der Waals surface area contributed by atoms with Crippen molar-refractivity contribution in [3.8, 4) is 0 Å². The van der Waals surface area contributed by atoms with Crippen LogP contribution in [0.3, 0.4) is 0 Å². The van der Waals surface area contributed by atoms with Crippen LogP contribution in [0, 0.1) is 11.7 Å². The molecule has 106 valence electrons. The first kappa shape index (κ1) is 14.3. The molecule has 1 fully saturated rings. The van der Waals surface area contributed by atoms with Crippen molar-refractivity contribution in [2.24, 2.45) is 5.92 Å². The van der Waals surface area contributed by atoms with Crippen molar-refractivity contribution in [3.05, 3.63) is 29.6 Å². The first-order valence-corrected chi connectivity index (χ1v) is 7.05. The van der Waals surface area contributed by atoms with E-state index in [0.29, 0.717) is 12.1 Å². The van der Waals surface area contributed by atoms with Crippen LogP contribution in [-0.4, -0.2) is 15.0 Å². The Morgan fingerprint density at radius 1 is 1.26 bits per heavy atom. The van der Waals surface area contributed by atoms with Crippen LogP contribution in [0.1, 0.15) is 18.4 Å². The molecule has 1 aromatic rings. The van der Waals surface area contributed by atoms with E-state index in [1.807, 2.05) is 0 Å². The van der Waals surface area contributed by atoms with E-state index >= 15 is 0 Å². The highest BCUT2D eigenvalue weighted by molar-refractivity contribution is 7.89. The van der Waals surface area contributed by atoms with Crippen molar-refractivity contribution >= 4 is 10.0 Å². The number of benzene rings is 1. The quantitative estimate of drug-likeness (QED) is 0.868. The monoisotopic (exact) mass is 297 g/mol. The molecular weight excluding hydrogens is 286 g/mol. The lowest BCUT2D eigenvalue weighted by Gasteiger charge is -2.11. The predicted octanol–water partition coefficient (Wildman–Crippen LogP) is 2.53. The third kappa shape index (κ3) is 3.44. The molecule has 0 radical (unpaired) electrons. The van der Waals surface area contributed by atoms with Gasteiger partial charge in [0.15, 0.2) is 0 Å². The molecule has 2 rings (SSSR count). The highest BCUT2D eigenvalue weighted by Crippen LogP contribution is 2.33. The first-order valence-electron chi connectivity index (χ1n) is 5.56. The molecule has 3 nitrogen and oxygen atoms in total. The van der Waals surface area contributed by atoms with E-state index in [4.69, 9.17) is 0 Å². The van der Waals surface area contributed by atoms with Crippen LogP contribution in [0.5, 0.6) is 0 Å². The Balaban J connectivity index is 2.28. The molecule has 1 aromatic carbocycles. The smallest absolute Gasteiger partial charge is 0.211 e. The Labute approximate surface area is 107 Å². The third-order valence-corrected chi connectivity index (χ3v) is 4.23. The number of alkyl halides is 3. The molecule has 1 aliphatic carbocycles. The van der Waals surface area contributed by atoms with Crippen molar-refractivity contribution in [1.29, 1.82) is 0 Å². The molecule has 0 unspecified atom stereocenters. The largest absolute Gasteiger partial charge is 0.419 e. The van der Waals surface area contributed by atoms with Gasteiger partial charge in [0.2, 0.25) is 10.0 Å². The van der Waals surface area contributed by atoms with Gasteiger partial charge in [0.1, 0.15) is 5.82 Å². The topological polar surface area (TPSA) is 46.2 Å². The molecule has 0 aliphatic heterocycles. The van der Waals surface area contributed by atoms with Gasteiger partial charge >= 0.3 is 6.18 Å². The molecule has 19 heavy (non-hydrogen) atoms. The Morgan fingerprint density at radius 2 is 1.89 bits per heavy atom. The Morgan fingerprint density at radius 3 is 2.42 bits per heavy atom. The predicted molar refractivity (Wildman–Crippen MR) is 59.3 cm³/mol. The van der Waals surface area contributed by atoms with Gasteiger partial charge < -0.3 is 0 Å². The molecule has 0 atom stereocenters. The van der Waals surface area contributed by atoms with E-state index < -0.39 is 32.5 Å². The lowest BCUT2D eigenvalue weighted by Crippen LogP contribution is -2.26. The summed E-state index contributed by atoms with van der Waals surface area (Å²) in [4.78, 5) is -0.582. The van der Waals surface area contributed by atoms with Crippen molar-refractivity contribution < 1.29 is 26.0 Å². The summed E-state index contributed by atoms with van der Waals surface area (Å²) in [5, 5.41) is 0. The molecule has 0 heterocycles. The number of halogens is 4. The van der Waals surface area contributed by atoms with E-state index in [2.05, 4.69) is 4.72 Å². The van der Waals surface area contributed by atoms with Gasteiger partial charge in [0.25, 0.3) is 0 Å². The van der Waals surface area contributed by atoms with E-state index in [1.54, 1.807) is 0 Å². The highest BCUT2D eigenvalue weighted by Gasteiger charge is 2.35. The van der Waals surface area contributed by atoms with Crippen LogP contribution in [0.25, 0.3) is 0 Å². The molecular formula is C11H11F4NO2S. The van der Waals surface area contributed by atoms with E-state index in [-0.39, 0.29) is 12.5 Å². The van der Waals surface area contributed by atoms with Gasteiger partial charge in [-0.25, -0.2) is 17.5 Å². The van der Waals surface area contributed by atoms with Crippen LogP contribution < -0.4 is 4.72 Å². The Kier molecular flexibility index (Phi) is 3.57. The maximum Gasteiger partial charge on any atom is 0.419 e. The second-order valence-corrected chi connectivity index (χ2v) is 6.20. The lowest BCUT2D eigenvalue weighted by molar-refractivity contribution is -0.140. The molecule has 1 aliphatic rings. The second-order valence-electron chi connectivity index (χ2n) is 4.43. The maximum absolute atomic E-state index is 13.0. The second kappa shape index (κ2) is 4.75. The van der Waals surface area contributed by atoms with E-state index in [0.717, 1.165) is 18.9 Å². The average Bonchev–Trinajstić information content (AvgIpc) is 3.09. The van der Waals surface area contributed by atoms with Gasteiger partial charge in [0, 0.05) is 6.54 Å². The molecule has 0 amide bonds. The summed E-state index contributed by atoms with van der Waals surface area (Å²) in [5.74, 6) is -1.24. The Bertz CT molecular complexity index is 579. The van der Waals surface area contributed by atoms with Gasteiger partial charge in [0.05, 0.1) is 10.5 Å². The number of nitrogens with one attached hydrogen (secondary N) is 1. The minimum atomic E-state index is -4.92. The zero-order chi connectivity index (χ0) is 14.3. The Hall–Kier alpha value is -1.15. The van der Waals surface area contributed by atoms with Gasteiger partial charge in [-0.05, 0) is 37.0 Å². The summed E-state index contributed by atoms with van der Waals surface area (Å²) in [6.45, 7) is 0.195. The minimum absolute atomic E-state index is 0.195. The van der Waals surface area contributed by atoms with Crippen LogP contribution >= 0.6 is 0 Å². The van der Waals surface area contributed by atoms with E-state index in [9.17, 15) is 26.0 Å². The normalized spacial score (nSPS) is 16.6. The summed E-state index contributed by atoms with van der Waals surface area (Å²) in [5.41, 5.74) is -1.58. The summed E-state index contributed by atoms with van der Waals surface area (Å²) in [6, 6.07) is 1.64. The summed E-state index contributed by atoms with van der Waals surface area (Å²) < 4.78 is 76.2. The fourth-order valence-electron chi connectivity index (χ4n) is 1.52. The van der Waals surface area contributed by atoms with Crippen molar-refractivity contribution in [2.45, 2.75) is 23.9 Å². The van der Waals surface area contributed by atoms with Gasteiger partial charge in [-0.1, -0.05) is 0 Å². The lowest BCUT2D eigenvalue weighted by atomic mass is 10.2. The number of hydrogen-bond acceptors (Lipinski definition) is 2. The molecule has 8 heteroatoms. The number of rotatable bonds is 4. The summed E-state index contributed by atoms with van der Waals surface area (Å²) in [6.07, 6.45) is -3.12. The van der Waals surface area contributed by atoms with Crippen LogP contribution in [0.2, 0.25) is 0 Å². The fourth-order valence-corrected chi connectivity index (χ4v) is 2.66. The fraction of sp³-hybridized carbons (Fsp3) is 0.455. The molecule has 0 spiro atoms. The maximum atomic E-state index is 13.0. The third-order valence-electron chi connectivity index (χ3n) is 2.81.